The standard InChI is InChI=1S/C21H19N3OS/c1-15-12-13-18(19(25)14-15)20(16-8-4-2-5-9-16)23-24-21(26)22-17-10-6-3-7-11-17/h2-14,25H,1H3,(H2,22,24,26). The molecule has 0 aliphatic carbocycles. The Labute approximate surface area is 158 Å². The molecule has 3 aromatic carbocycles. The van der Waals surface area contributed by atoms with Crippen LogP contribution < -0.4 is 10.7 Å². The summed E-state index contributed by atoms with van der Waals surface area (Å²) < 4.78 is 0. The minimum absolute atomic E-state index is 0.177. The monoisotopic (exact) mass is 361 g/mol. The molecule has 3 rings (SSSR count). The molecule has 3 aromatic rings. The van der Waals surface area contributed by atoms with Crippen molar-refractivity contribution in [3.8, 4) is 5.75 Å². The fourth-order valence-electron chi connectivity index (χ4n) is 2.51. The predicted molar refractivity (Wildman–Crippen MR) is 111 cm³/mol. The van der Waals surface area contributed by atoms with Gasteiger partial charge in [-0.25, -0.2) is 0 Å². The largest absolute Gasteiger partial charge is 0.507 e. The molecule has 130 valence electrons. The number of thiocarbonyl (C=S) groups is 1. The van der Waals surface area contributed by atoms with E-state index in [4.69, 9.17) is 12.2 Å². The Bertz CT molecular complexity index is 925. The van der Waals surface area contributed by atoms with Crippen molar-refractivity contribution >= 4 is 28.7 Å². The molecular weight excluding hydrogens is 342 g/mol. The van der Waals surface area contributed by atoms with Gasteiger partial charge in [-0.3, -0.25) is 5.43 Å². The SMILES string of the molecule is Cc1ccc(C(=NNC(=S)Nc2ccccc2)c2ccccc2)c(O)c1. The van der Waals surface area contributed by atoms with E-state index >= 15 is 0 Å². The highest BCUT2D eigenvalue weighted by molar-refractivity contribution is 7.80. The summed E-state index contributed by atoms with van der Waals surface area (Å²) in [5.41, 5.74) is 6.85. The van der Waals surface area contributed by atoms with Crippen LogP contribution in [-0.4, -0.2) is 15.9 Å². The predicted octanol–water partition coefficient (Wildman–Crippen LogP) is 4.44. The summed E-state index contributed by atoms with van der Waals surface area (Å²) in [6.07, 6.45) is 0. The third-order valence-corrected chi connectivity index (χ3v) is 3.95. The molecule has 0 unspecified atom stereocenters. The molecular formula is C21H19N3OS. The van der Waals surface area contributed by atoms with Crippen LogP contribution in [0.3, 0.4) is 0 Å². The summed E-state index contributed by atoms with van der Waals surface area (Å²) in [5, 5.41) is 18.3. The topological polar surface area (TPSA) is 56.7 Å². The number of anilines is 1. The van der Waals surface area contributed by atoms with E-state index in [1.54, 1.807) is 6.07 Å². The summed E-state index contributed by atoms with van der Waals surface area (Å²) in [5.74, 6) is 0.177. The average Bonchev–Trinajstić information content (AvgIpc) is 2.65. The number of hydrogen-bond acceptors (Lipinski definition) is 3. The van der Waals surface area contributed by atoms with E-state index in [1.165, 1.54) is 0 Å². The van der Waals surface area contributed by atoms with E-state index in [0.717, 1.165) is 16.8 Å². The number of nitrogens with one attached hydrogen (secondary N) is 2. The van der Waals surface area contributed by atoms with Gasteiger partial charge >= 0.3 is 0 Å². The number of phenolic OH excluding ortho intramolecular Hbond substituents is 1. The van der Waals surface area contributed by atoms with Crippen LogP contribution in [0.5, 0.6) is 5.75 Å². The van der Waals surface area contributed by atoms with Gasteiger partial charge in [-0.15, -0.1) is 0 Å². The van der Waals surface area contributed by atoms with Crippen molar-refractivity contribution in [2.45, 2.75) is 6.92 Å². The third-order valence-electron chi connectivity index (χ3n) is 3.76. The van der Waals surface area contributed by atoms with Crippen molar-refractivity contribution in [2.24, 2.45) is 5.10 Å². The molecule has 0 saturated heterocycles. The molecule has 0 spiro atoms. The normalized spacial score (nSPS) is 11.0. The molecule has 0 radical (unpaired) electrons. The van der Waals surface area contributed by atoms with Crippen LogP contribution in [-0.2, 0) is 0 Å². The summed E-state index contributed by atoms with van der Waals surface area (Å²) in [4.78, 5) is 0. The van der Waals surface area contributed by atoms with Gasteiger partial charge in [0.25, 0.3) is 0 Å². The molecule has 0 bridgehead atoms. The second kappa shape index (κ2) is 8.27. The minimum atomic E-state index is 0.177. The third kappa shape index (κ3) is 4.46. The maximum Gasteiger partial charge on any atom is 0.191 e. The van der Waals surface area contributed by atoms with Gasteiger partial charge < -0.3 is 10.4 Å². The number of nitrogens with zero attached hydrogens (tertiary/aromatic N) is 1. The number of aromatic hydroxyl groups is 1. The van der Waals surface area contributed by atoms with Crippen molar-refractivity contribution in [3.05, 3.63) is 95.6 Å². The Hall–Kier alpha value is -3.18. The summed E-state index contributed by atoms with van der Waals surface area (Å²) >= 11 is 5.32. The summed E-state index contributed by atoms with van der Waals surface area (Å²) in [7, 11) is 0. The molecule has 5 heteroatoms. The highest BCUT2D eigenvalue weighted by Gasteiger charge is 2.12. The molecule has 0 aliphatic heterocycles. The first-order valence-electron chi connectivity index (χ1n) is 8.18. The Morgan fingerprint density at radius 3 is 2.23 bits per heavy atom. The second-order valence-corrected chi connectivity index (χ2v) is 6.19. The zero-order chi connectivity index (χ0) is 18.4. The minimum Gasteiger partial charge on any atom is -0.507 e. The van der Waals surface area contributed by atoms with Crippen LogP contribution in [0.25, 0.3) is 0 Å². The fraction of sp³-hybridized carbons (Fsp3) is 0.0476. The van der Waals surface area contributed by atoms with Crippen molar-refractivity contribution in [2.75, 3.05) is 5.32 Å². The van der Waals surface area contributed by atoms with E-state index in [2.05, 4.69) is 15.8 Å². The number of benzene rings is 3. The zero-order valence-electron chi connectivity index (χ0n) is 14.3. The first-order valence-corrected chi connectivity index (χ1v) is 8.59. The quantitative estimate of drug-likeness (QED) is 0.365. The molecule has 26 heavy (non-hydrogen) atoms. The van der Waals surface area contributed by atoms with Crippen molar-refractivity contribution < 1.29 is 5.11 Å². The number of phenols is 1. The van der Waals surface area contributed by atoms with E-state index in [1.807, 2.05) is 79.7 Å². The summed E-state index contributed by atoms with van der Waals surface area (Å²) in [6, 6.07) is 24.8. The molecule has 0 amide bonds. The molecule has 0 aromatic heterocycles. The van der Waals surface area contributed by atoms with Gasteiger partial charge in [-0.05, 0) is 49.0 Å². The Morgan fingerprint density at radius 1 is 0.923 bits per heavy atom. The van der Waals surface area contributed by atoms with Crippen LogP contribution >= 0.6 is 12.2 Å². The van der Waals surface area contributed by atoms with E-state index in [-0.39, 0.29) is 5.75 Å². The van der Waals surface area contributed by atoms with E-state index in [0.29, 0.717) is 16.4 Å². The Morgan fingerprint density at radius 2 is 1.58 bits per heavy atom. The molecule has 3 N–H and O–H groups in total. The first-order chi connectivity index (χ1) is 12.6. The first kappa shape index (κ1) is 17.6. The van der Waals surface area contributed by atoms with Crippen LogP contribution in [0, 0.1) is 6.92 Å². The van der Waals surface area contributed by atoms with Crippen molar-refractivity contribution in [3.63, 3.8) is 0 Å². The number of para-hydroxylation sites is 1. The maximum absolute atomic E-state index is 10.4. The molecule has 0 heterocycles. The lowest BCUT2D eigenvalue weighted by Crippen LogP contribution is -2.25. The molecule has 0 fully saturated rings. The van der Waals surface area contributed by atoms with Gasteiger partial charge in [0.05, 0.1) is 0 Å². The molecule has 0 aliphatic rings. The highest BCUT2D eigenvalue weighted by atomic mass is 32.1. The number of hydrogen-bond donors (Lipinski definition) is 3. The lowest BCUT2D eigenvalue weighted by molar-refractivity contribution is 0.473. The van der Waals surface area contributed by atoms with Gasteiger partial charge in [0.15, 0.2) is 5.11 Å². The van der Waals surface area contributed by atoms with Gasteiger partial charge in [0, 0.05) is 16.8 Å². The summed E-state index contributed by atoms with van der Waals surface area (Å²) in [6.45, 7) is 1.93. The second-order valence-electron chi connectivity index (χ2n) is 5.78. The zero-order valence-corrected chi connectivity index (χ0v) is 15.1. The number of rotatable bonds is 4. The van der Waals surface area contributed by atoms with Gasteiger partial charge in [0.2, 0.25) is 0 Å². The van der Waals surface area contributed by atoms with Crippen LogP contribution in [0.15, 0.2) is 84.0 Å². The van der Waals surface area contributed by atoms with Gasteiger partial charge in [0.1, 0.15) is 11.5 Å². The smallest absolute Gasteiger partial charge is 0.191 e. The Balaban J connectivity index is 1.88. The van der Waals surface area contributed by atoms with Crippen molar-refractivity contribution in [1.29, 1.82) is 0 Å². The molecule has 0 saturated carbocycles. The molecule has 0 atom stereocenters. The lowest BCUT2D eigenvalue weighted by atomic mass is 10.0. The van der Waals surface area contributed by atoms with Crippen LogP contribution in [0.4, 0.5) is 5.69 Å². The van der Waals surface area contributed by atoms with Gasteiger partial charge in [-0.1, -0.05) is 54.6 Å². The highest BCUT2D eigenvalue weighted by Crippen LogP contribution is 2.22. The van der Waals surface area contributed by atoms with Crippen LogP contribution in [0.2, 0.25) is 0 Å². The van der Waals surface area contributed by atoms with Crippen LogP contribution in [0.1, 0.15) is 16.7 Å². The average molecular weight is 361 g/mol. The lowest BCUT2D eigenvalue weighted by Gasteiger charge is -2.12. The molecule has 4 nitrogen and oxygen atoms in total. The van der Waals surface area contributed by atoms with Gasteiger partial charge in [-0.2, -0.15) is 5.10 Å². The fourth-order valence-corrected chi connectivity index (χ4v) is 2.67. The van der Waals surface area contributed by atoms with Crippen molar-refractivity contribution in [1.82, 2.24) is 5.43 Å². The number of aryl methyl sites for hydroxylation is 1. The maximum atomic E-state index is 10.4. The number of hydrazone groups is 1. The Kier molecular flexibility index (Phi) is 5.61. The van der Waals surface area contributed by atoms with E-state index < -0.39 is 0 Å². The van der Waals surface area contributed by atoms with E-state index in [9.17, 15) is 5.11 Å².